The zero-order chi connectivity index (χ0) is 23.4. The van der Waals surface area contributed by atoms with Gasteiger partial charge in [-0.1, -0.05) is 42.0 Å². The third kappa shape index (κ3) is 4.60. The molecule has 0 fully saturated rings. The molecule has 2 N–H and O–H groups in total. The Hall–Kier alpha value is -4.44. The van der Waals surface area contributed by atoms with Gasteiger partial charge in [-0.25, -0.2) is 4.79 Å². The molecule has 7 nitrogen and oxygen atoms in total. The van der Waals surface area contributed by atoms with E-state index in [1.165, 1.54) is 0 Å². The molecule has 1 atom stereocenters. The molecule has 1 unspecified atom stereocenters. The summed E-state index contributed by atoms with van der Waals surface area (Å²) in [4.78, 5) is 12.3. The minimum Gasteiger partial charge on any atom is -0.496 e. The summed E-state index contributed by atoms with van der Waals surface area (Å²) in [6, 6.07) is 21.9. The van der Waals surface area contributed by atoms with Gasteiger partial charge in [0.05, 0.1) is 13.0 Å². The van der Waals surface area contributed by atoms with Gasteiger partial charge in [-0.15, -0.1) is 0 Å². The fourth-order valence-corrected chi connectivity index (χ4v) is 3.66. The molecule has 0 saturated heterocycles. The SMILES string of the molecule is COc1ccccc1C1C(C#N)=C(N)Oc2cc(OC(=O)COc3ccc(C)cc3)ccc21. The number of nitriles is 1. The van der Waals surface area contributed by atoms with Crippen LogP contribution in [0.15, 0.2) is 78.2 Å². The van der Waals surface area contributed by atoms with Gasteiger partial charge in [0, 0.05) is 17.2 Å². The van der Waals surface area contributed by atoms with Crippen LogP contribution in [0.1, 0.15) is 22.6 Å². The van der Waals surface area contributed by atoms with E-state index in [-0.39, 0.29) is 23.8 Å². The zero-order valence-electron chi connectivity index (χ0n) is 18.2. The van der Waals surface area contributed by atoms with Crippen molar-refractivity contribution in [2.24, 2.45) is 5.73 Å². The summed E-state index contributed by atoms with van der Waals surface area (Å²) in [5.41, 5.74) is 8.93. The largest absolute Gasteiger partial charge is 0.496 e. The number of nitrogens with two attached hydrogens (primary N) is 1. The first-order chi connectivity index (χ1) is 16.0. The molecule has 0 saturated carbocycles. The van der Waals surface area contributed by atoms with E-state index in [4.69, 9.17) is 24.7 Å². The highest BCUT2D eigenvalue weighted by molar-refractivity contribution is 5.74. The first kappa shape index (κ1) is 21.8. The lowest BCUT2D eigenvalue weighted by Crippen LogP contribution is -2.22. The second kappa shape index (κ2) is 9.37. The van der Waals surface area contributed by atoms with Crippen LogP contribution in [-0.4, -0.2) is 19.7 Å². The number of rotatable bonds is 6. The molecule has 0 bridgehead atoms. The van der Waals surface area contributed by atoms with Gasteiger partial charge in [-0.05, 0) is 31.2 Å². The highest BCUT2D eigenvalue weighted by Gasteiger charge is 2.32. The van der Waals surface area contributed by atoms with Crippen molar-refractivity contribution in [2.75, 3.05) is 13.7 Å². The molecule has 0 aromatic heterocycles. The summed E-state index contributed by atoms with van der Waals surface area (Å²) in [5, 5.41) is 9.73. The molecule has 3 aromatic rings. The summed E-state index contributed by atoms with van der Waals surface area (Å²) in [6.07, 6.45) is 0. The molecule has 4 rings (SSSR count). The Balaban J connectivity index is 1.57. The van der Waals surface area contributed by atoms with Crippen molar-refractivity contribution in [3.8, 4) is 29.1 Å². The number of aryl methyl sites for hydroxylation is 1. The molecule has 166 valence electrons. The molecule has 0 amide bonds. The van der Waals surface area contributed by atoms with Crippen LogP contribution in [-0.2, 0) is 4.79 Å². The van der Waals surface area contributed by atoms with Gasteiger partial charge >= 0.3 is 5.97 Å². The van der Waals surface area contributed by atoms with Crippen LogP contribution in [0.25, 0.3) is 0 Å². The number of hydrogen-bond donors (Lipinski definition) is 1. The first-order valence-corrected chi connectivity index (χ1v) is 10.2. The molecular weight excluding hydrogens is 420 g/mol. The number of para-hydroxylation sites is 1. The molecule has 1 heterocycles. The summed E-state index contributed by atoms with van der Waals surface area (Å²) in [7, 11) is 1.57. The maximum absolute atomic E-state index is 12.3. The highest BCUT2D eigenvalue weighted by atomic mass is 16.6. The van der Waals surface area contributed by atoms with Crippen LogP contribution in [0.3, 0.4) is 0 Å². The lowest BCUT2D eigenvalue weighted by Gasteiger charge is -2.27. The van der Waals surface area contributed by atoms with E-state index >= 15 is 0 Å². The third-order valence-corrected chi connectivity index (χ3v) is 5.25. The van der Waals surface area contributed by atoms with Crippen LogP contribution in [0.4, 0.5) is 0 Å². The van der Waals surface area contributed by atoms with Crippen LogP contribution in [0.2, 0.25) is 0 Å². The Kier molecular flexibility index (Phi) is 6.18. The van der Waals surface area contributed by atoms with E-state index in [9.17, 15) is 10.1 Å². The number of benzene rings is 3. The Morgan fingerprint density at radius 1 is 1.06 bits per heavy atom. The average Bonchev–Trinajstić information content (AvgIpc) is 2.82. The predicted octanol–water partition coefficient (Wildman–Crippen LogP) is 4.21. The molecule has 1 aliphatic rings. The van der Waals surface area contributed by atoms with Gasteiger partial charge in [-0.3, -0.25) is 0 Å². The van der Waals surface area contributed by atoms with Crippen molar-refractivity contribution in [1.82, 2.24) is 0 Å². The van der Waals surface area contributed by atoms with Crippen molar-refractivity contribution in [3.63, 3.8) is 0 Å². The molecule has 0 spiro atoms. The Morgan fingerprint density at radius 2 is 1.79 bits per heavy atom. The van der Waals surface area contributed by atoms with E-state index in [1.54, 1.807) is 37.4 Å². The highest BCUT2D eigenvalue weighted by Crippen LogP contribution is 2.45. The van der Waals surface area contributed by atoms with Crippen molar-refractivity contribution in [1.29, 1.82) is 5.26 Å². The van der Waals surface area contributed by atoms with Crippen LogP contribution in [0, 0.1) is 18.3 Å². The normalized spacial score (nSPS) is 14.5. The average molecular weight is 442 g/mol. The standard InChI is InChI=1S/C26H22N2O5/c1-16-7-9-17(10-8-16)31-15-24(29)32-18-11-12-20-23(13-18)33-26(28)21(14-27)25(20)19-5-3-4-6-22(19)30-2/h3-13,25H,15,28H2,1-2H3. The smallest absolute Gasteiger partial charge is 0.349 e. The number of methoxy groups -OCH3 is 1. The summed E-state index contributed by atoms with van der Waals surface area (Å²) in [6.45, 7) is 1.72. The van der Waals surface area contributed by atoms with Gasteiger partial charge in [-0.2, -0.15) is 5.26 Å². The number of ether oxygens (including phenoxy) is 4. The molecule has 3 aromatic carbocycles. The number of fused-ring (bicyclic) bond motifs is 1. The van der Waals surface area contributed by atoms with Gasteiger partial charge in [0.1, 0.15) is 34.6 Å². The summed E-state index contributed by atoms with van der Waals surface area (Å²) < 4.78 is 22.1. The van der Waals surface area contributed by atoms with Crippen molar-refractivity contribution in [2.45, 2.75) is 12.8 Å². The van der Waals surface area contributed by atoms with Crippen LogP contribution in [0.5, 0.6) is 23.0 Å². The number of allylic oxidation sites excluding steroid dienone is 1. The van der Waals surface area contributed by atoms with Gasteiger partial charge in [0.25, 0.3) is 0 Å². The molecule has 0 radical (unpaired) electrons. The van der Waals surface area contributed by atoms with Crippen molar-refractivity contribution < 1.29 is 23.7 Å². The Morgan fingerprint density at radius 3 is 2.52 bits per heavy atom. The lowest BCUT2D eigenvalue weighted by molar-refractivity contribution is -0.136. The number of carbonyl (C=O) groups is 1. The zero-order valence-corrected chi connectivity index (χ0v) is 18.2. The number of esters is 1. The third-order valence-electron chi connectivity index (χ3n) is 5.25. The van der Waals surface area contributed by atoms with Crippen molar-refractivity contribution >= 4 is 5.97 Å². The van der Waals surface area contributed by atoms with E-state index in [2.05, 4.69) is 6.07 Å². The van der Waals surface area contributed by atoms with Crippen LogP contribution >= 0.6 is 0 Å². The fourth-order valence-electron chi connectivity index (χ4n) is 3.66. The summed E-state index contributed by atoms with van der Waals surface area (Å²) >= 11 is 0. The topological polar surface area (TPSA) is 104 Å². The fraction of sp³-hybridized carbons (Fsp3) is 0.154. The Bertz CT molecular complexity index is 1260. The monoisotopic (exact) mass is 442 g/mol. The van der Waals surface area contributed by atoms with Gasteiger partial charge in [0.2, 0.25) is 5.88 Å². The van der Waals surface area contributed by atoms with Gasteiger partial charge in [0.15, 0.2) is 6.61 Å². The minimum absolute atomic E-state index is 0.00733. The molecule has 1 aliphatic heterocycles. The quantitative estimate of drug-likeness (QED) is 0.450. The molecule has 0 aliphatic carbocycles. The number of hydrogen-bond acceptors (Lipinski definition) is 7. The Labute approximate surface area is 191 Å². The van der Waals surface area contributed by atoms with Gasteiger partial charge < -0.3 is 24.7 Å². The summed E-state index contributed by atoms with van der Waals surface area (Å²) in [5.74, 6) is 0.823. The number of nitrogens with zero attached hydrogens (tertiary/aromatic N) is 1. The maximum Gasteiger partial charge on any atom is 0.349 e. The van der Waals surface area contributed by atoms with Crippen LogP contribution < -0.4 is 24.7 Å². The predicted molar refractivity (Wildman–Crippen MR) is 121 cm³/mol. The number of carbonyl (C=O) groups excluding carboxylic acids is 1. The van der Waals surface area contributed by atoms with E-state index < -0.39 is 11.9 Å². The maximum atomic E-state index is 12.3. The second-order valence-corrected chi connectivity index (χ2v) is 7.44. The van der Waals surface area contributed by atoms with E-state index in [1.807, 2.05) is 43.3 Å². The first-order valence-electron chi connectivity index (χ1n) is 10.2. The van der Waals surface area contributed by atoms with E-state index in [0.717, 1.165) is 11.1 Å². The minimum atomic E-state index is -0.561. The van der Waals surface area contributed by atoms with E-state index in [0.29, 0.717) is 22.8 Å². The molecule has 7 heteroatoms. The lowest BCUT2D eigenvalue weighted by atomic mass is 9.83. The second-order valence-electron chi connectivity index (χ2n) is 7.44. The molecular formula is C26H22N2O5. The van der Waals surface area contributed by atoms with Crippen molar-refractivity contribution in [3.05, 3.63) is 94.9 Å². The molecule has 33 heavy (non-hydrogen) atoms.